The zero-order valence-corrected chi connectivity index (χ0v) is 17.4. The number of aliphatic hydroxyl groups excluding tert-OH is 1. The zero-order chi connectivity index (χ0) is 21.4. The molecule has 3 aromatic heterocycles. The standard InChI is InChI=1S/C22H23N7O2/c1-28-7-6-19(27-28)18-10-23-20(25-21(18)26-22(12-30)13-31-14-22)16-5-3-4-15(8-16)17-9-24-29(2)11-17/h3-11,30H,12-14H2,1-2H3,(H,23,25,26). The van der Waals surface area contributed by atoms with Crippen LogP contribution >= 0.6 is 0 Å². The van der Waals surface area contributed by atoms with Crippen molar-refractivity contribution in [2.45, 2.75) is 5.54 Å². The Kier molecular flexibility index (Phi) is 4.76. The summed E-state index contributed by atoms with van der Waals surface area (Å²) in [5.41, 5.74) is 3.93. The van der Waals surface area contributed by atoms with E-state index in [4.69, 9.17) is 9.72 Å². The SMILES string of the molecule is Cn1cc(-c2cccc(-c3ncc(-c4ccn(C)n4)c(NC4(CO)COC4)n3)c2)cn1. The maximum atomic E-state index is 9.90. The summed E-state index contributed by atoms with van der Waals surface area (Å²) < 4.78 is 8.85. The van der Waals surface area contributed by atoms with Crippen LogP contribution < -0.4 is 5.32 Å². The lowest BCUT2D eigenvalue weighted by atomic mass is 9.98. The molecule has 0 radical (unpaired) electrons. The molecule has 0 unspecified atom stereocenters. The smallest absolute Gasteiger partial charge is 0.161 e. The largest absolute Gasteiger partial charge is 0.394 e. The molecule has 2 N–H and O–H groups in total. The first-order chi connectivity index (χ1) is 15.0. The first-order valence-corrected chi connectivity index (χ1v) is 9.99. The molecule has 1 aliphatic rings. The zero-order valence-electron chi connectivity index (χ0n) is 17.4. The molecule has 4 aromatic rings. The number of nitrogens with one attached hydrogen (secondary N) is 1. The van der Waals surface area contributed by atoms with Gasteiger partial charge in [-0.15, -0.1) is 0 Å². The Morgan fingerprint density at radius 3 is 2.58 bits per heavy atom. The van der Waals surface area contributed by atoms with Crippen LogP contribution in [0.1, 0.15) is 0 Å². The van der Waals surface area contributed by atoms with Crippen LogP contribution in [-0.4, -0.2) is 60.0 Å². The summed E-state index contributed by atoms with van der Waals surface area (Å²) in [5.74, 6) is 1.20. The van der Waals surface area contributed by atoms with E-state index in [-0.39, 0.29) is 6.61 Å². The van der Waals surface area contributed by atoms with Crippen molar-refractivity contribution in [2.24, 2.45) is 14.1 Å². The van der Waals surface area contributed by atoms with Crippen LogP contribution in [0.2, 0.25) is 0 Å². The third kappa shape index (κ3) is 3.69. The van der Waals surface area contributed by atoms with E-state index in [1.54, 1.807) is 15.6 Å². The Morgan fingerprint density at radius 1 is 1.10 bits per heavy atom. The van der Waals surface area contributed by atoms with Gasteiger partial charge >= 0.3 is 0 Å². The van der Waals surface area contributed by atoms with E-state index in [1.807, 2.05) is 63.0 Å². The van der Waals surface area contributed by atoms with Crippen molar-refractivity contribution in [3.8, 4) is 33.8 Å². The molecule has 1 aliphatic heterocycles. The van der Waals surface area contributed by atoms with E-state index in [0.29, 0.717) is 24.9 Å². The summed E-state index contributed by atoms with van der Waals surface area (Å²) in [5, 5.41) is 22.0. The molecular weight excluding hydrogens is 394 g/mol. The molecule has 9 nitrogen and oxygen atoms in total. The second-order valence-electron chi connectivity index (χ2n) is 7.87. The van der Waals surface area contributed by atoms with Crippen molar-refractivity contribution in [1.29, 1.82) is 0 Å². The van der Waals surface area contributed by atoms with Gasteiger partial charge in [0.1, 0.15) is 11.4 Å². The highest BCUT2D eigenvalue weighted by Crippen LogP contribution is 2.32. The van der Waals surface area contributed by atoms with Crippen LogP contribution in [-0.2, 0) is 18.8 Å². The van der Waals surface area contributed by atoms with Crippen molar-refractivity contribution in [3.63, 3.8) is 0 Å². The monoisotopic (exact) mass is 417 g/mol. The van der Waals surface area contributed by atoms with Gasteiger partial charge in [0.2, 0.25) is 0 Å². The fourth-order valence-corrected chi connectivity index (χ4v) is 3.57. The molecule has 158 valence electrons. The quantitative estimate of drug-likeness (QED) is 0.495. The van der Waals surface area contributed by atoms with E-state index in [9.17, 15) is 5.11 Å². The van der Waals surface area contributed by atoms with Crippen molar-refractivity contribution < 1.29 is 9.84 Å². The van der Waals surface area contributed by atoms with Crippen LogP contribution in [0.5, 0.6) is 0 Å². The molecule has 0 spiro atoms. The third-order valence-corrected chi connectivity index (χ3v) is 5.38. The highest BCUT2D eigenvalue weighted by atomic mass is 16.5. The summed E-state index contributed by atoms with van der Waals surface area (Å²) in [4.78, 5) is 9.44. The number of anilines is 1. The fourth-order valence-electron chi connectivity index (χ4n) is 3.57. The fraction of sp³-hybridized carbons (Fsp3) is 0.273. The minimum absolute atomic E-state index is 0.0511. The number of hydrogen-bond acceptors (Lipinski definition) is 7. The average molecular weight is 417 g/mol. The number of ether oxygens (including phenoxy) is 1. The van der Waals surface area contributed by atoms with E-state index < -0.39 is 5.54 Å². The number of aromatic nitrogens is 6. The normalized spacial score (nSPS) is 14.9. The Morgan fingerprint density at radius 2 is 1.94 bits per heavy atom. The lowest BCUT2D eigenvalue weighted by molar-refractivity contribution is -0.0651. The number of benzene rings is 1. The average Bonchev–Trinajstić information content (AvgIpc) is 3.39. The number of aliphatic hydroxyl groups is 1. The molecule has 1 aromatic carbocycles. The van der Waals surface area contributed by atoms with Crippen molar-refractivity contribution in [3.05, 3.63) is 55.1 Å². The Hall–Kier alpha value is -3.56. The lowest BCUT2D eigenvalue weighted by Gasteiger charge is -2.41. The van der Waals surface area contributed by atoms with E-state index in [0.717, 1.165) is 27.9 Å². The summed E-state index contributed by atoms with van der Waals surface area (Å²) in [6.07, 6.45) is 7.45. The van der Waals surface area contributed by atoms with Crippen molar-refractivity contribution in [2.75, 3.05) is 25.1 Å². The Balaban J connectivity index is 1.56. The molecular formula is C22H23N7O2. The molecule has 1 saturated heterocycles. The summed E-state index contributed by atoms with van der Waals surface area (Å²) >= 11 is 0. The molecule has 0 bridgehead atoms. The topological polar surface area (TPSA) is 103 Å². The molecule has 1 fully saturated rings. The van der Waals surface area contributed by atoms with Gasteiger partial charge in [-0.05, 0) is 17.7 Å². The second kappa shape index (κ2) is 7.60. The highest BCUT2D eigenvalue weighted by Gasteiger charge is 2.39. The Bertz CT molecular complexity index is 1220. The van der Waals surface area contributed by atoms with Gasteiger partial charge in [0.15, 0.2) is 5.82 Å². The van der Waals surface area contributed by atoms with Gasteiger partial charge < -0.3 is 15.2 Å². The van der Waals surface area contributed by atoms with Crippen LogP contribution in [0.15, 0.2) is 55.1 Å². The third-order valence-electron chi connectivity index (χ3n) is 5.38. The first kappa shape index (κ1) is 19.4. The number of aryl methyl sites for hydroxylation is 2. The van der Waals surface area contributed by atoms with E-state index in [2.05, 4.69) is 20.5 Å². The predicted octanol–water partition coefficient (Wildman–Crippen LogP) is 2.12. The number of hydrogen-bond donors (Lipinski definition) is 2. The molecule has 4 heterocycles. The number of rotatable bonds is 6. The van der Waals surface area contributed by atoms with Crippen LogP contribution in [0, 0.1) is 0 Å². The van der Waals surface area contributed by atoms with E-state index in [1.165, 1.54) is 0 Å². The minimum Gasteiger partial charge on any atom is -0.394 e. The van der Waals surface area contributed by atoms with Crippen molar-refractivity contribution >= 4 is 5.82 Å². The molecule has 31 heavy (non-hydrogen) atoms. The lowest BCUT2D eigenvalue weighted by Crippen LogP contribution is -2.58. The van der Waals surface area contributed by atoms with Crippen LogP contribution in [0.25, 0.3) is 33.8 Å². The van der Waals surface area contributed by atoms with Crippen LogP contribution in [0.3, 0.4) is 0 Å². The molecule has 0 atom stereocenters. The van der Waals surface area contributed by atoms with Gasteiger partial charge in [-0.1, -0.05) is 18.2 Å². The predicted molar refractivity (Wildman–Crippen MR) is 116 cm³/mol. The van der Waals surface area contributed by atoms with Gasteiger partial charge in [-0.3, -0.25) is 9.36 Å². The maximum Gasteiger partial charge on any atom is 0.161 e. The molecule has 0 amide bonds. The Labute approximate surface area is 179 Å². The second-order valence-corrected chi connectivity index (χ2v) is 7.87. The summed E-state index contributed by atoms with van der Waals surface area (Å²) in [7, 11) is 3.76. The molecule has 0 saturated carbocycles. The minimum atomic E-state index is -0.549. The first-order valence-electron chi connectivity index (χ1n) is 9.99. The number of nitrogens with zero attached hydrogens (tertiary/aromatic N) is 6. The van der Waals surface area contributed by atoms with Crippen molar-refractivity contribution in [1.82, 2.24) is 29.5 Å². The van der Waals surface area contributed by atoms with Gasteiger partial charge in [0.05, 0.1) is 37.3 Å². The maximum absolute atomic E-state index is 9.90. The van der Waals surface area contributed by atoms with Crippen LogP contribution in [0.4, 0.5) is 5.82 Å². The van der Waals surface area contributed by atoms with Gasteiger partial charge in [-0.2, -0.15) is 10.2 Å². The molecule has 0 aliphatic carbocycles. The van der Waals surface area contributed by atoms with Gasteiger partial charge in [0.25, 0.3) is 0 Å². The van der Waals surface area contributed by atoms with Gasteiger partial charge in [-0.25, -0.2) is 9.97 Å². The highest BCUT2D eigenvalue weighted by molar-refractivity contribution is 5.76. The van der Waals surface area contributed by atoms with Gasteiger partial charge in [0, 0.05) is 43.8 Å². The molecule has 9 heteroatoms. The molecule has 5 rings (SSSR count). The van der Waals surface area contributed by atoms with E-state index >= 15 is 0 Å². The summed E-state index contributed by atoms with van der Waals surface area (Å²) in [6.45, 7) is 0.784. The summed E-state index contributed by atoms with van der Waals surface area (Å²) in [6, 6.07) is 9.96.